The van der Waals surface area contributed by atoms with Gasteiger partial charge in [0.15, 0.2) is 0 Å². The quantitative estimate of drug-likeness (QED) is 0.832. The normalized spacial score (nSPS) is 15.0. The summed E-state index contributed by atoms with van der Waals surface area (Å²) in [6.07, 6.45) is 2.44. The molecule has 1 aliphatic rings. The lowest BCUT2D eigenvalue weighted by atomic mass is 10.3. The number of aryl methyl sites for hydroxylation is 1. The van der Waals surface area contributed by atoms with Crippen molar-refractivity contribution in [3.05, 3.63) is 23.2 Å². The summed E-state index contributed by atoms with van der Waals surface area (Å²) in [5.74, 6) is 0.212. The van der Waals surface area contributed by atoms with Crippen molar-refractivity contribution in [3.8, 4) is 0 Å². The lowest BCUT2D eigenvalue weighted by molar-refractivity contribution is -0.127. The second-order valence-corrected chi connectivity index (χ2v) is 6.49. The maximum absolute atomic E-state index is 12.3. The van der Waals surface area contributed by atoms with E-state index in [9.17, 15) is 9.59 Å². The average molecular weight is 319 g/mol. The van der Waals surface area contributed by atoms with Crippen LogP contribution in [-0.2, 0) is 11.3 Å². The number of nitrogens with zero attached hydrogens (tertiary/aromatic N) is 2. The molecule has 1 aliphatic heterocycles. The Morgan fingerprint density at radius 3 is 3.05 bits per heavy atom. The van der Waals surface area contributed by atoms with Crippen LogP contribution >= 0.6 is 11.3 Å². The average Bonchev–Trinajstić information content (AvgIpc) is 3.18. The van der Waals surface area contributed by atoms with Crippen LogP contribution in [0.1, 0.15) is 36.7 Å². The van der Waals surface area contributed by atoms with Gasteiger partial charge in [0.1, 0.15) is 5.69 Å². The molecule has 3 heterocycles. The number of hydrogen-bond acceptors (Lipinski definition) is 3. The Bertz CT molecular complexity index is 689. The summed E-state index contributed by atoms with van der Waals surface area (Å²) in [4.78, 5) is 25.7. The molecule has 1 N–H and O–H groups in total. The summed E-state index contributed by atoms with van der Waals surface area (Å²) < 4.78 is 3.19. The van der Waals surface area contributed by atoms with Gasteiger partial charge in [-0.3, -0.25) is 9.59 Å². The van der Waals surface area contributed by atoms with E-state index in [1.54, 1.807) is 11.3 Å². The Labute approximate surface area is 133 Å². The van der Waals surface area contributed by atoms with E-state index < -0.39 is 0 Å². The van der Waals surface area contributed by atoms with E-state index in [4.69, 9.17) is 0 Å². The van der Waals surface area contributed by atoms with E-state index in [0.717, 1.165) is 48.4 Å². The molecule has 22 heavy (non-hydrogen) atoms. The van der Waals surface area contributed by atoms with E-state index >= 15 is 0 Å². The molecule has 2 amide bonds. The number of hydrogen-bond donors (Lipinski definition) is 1. The first-order chi connectivity index (χ1) is 10.7. The molecule has 0 spiro atoms. The number of fused-ring (bicyclic) bond motifs is 1. The van der Waals surface area contributed by atoms with Crippen molar-refractivity contribution in [2.24, 2.45) is 0 Å². The van der Waals surface area contributed by atoms with Crippen molar-refractivity contribution in [1.29, 1.82) is 0 Å². The molecule has 3 rings (SSSR count). The van der Waals surface area contributed by atoms with Gasteiger partial charge in [-0.05, 0) is 37.3 Å². The molecule has 0 saturated carbocycles. The number of rotatable bonds is 6. The van der Waals surface area contributed by atoms with Crippen molar-refractivity contribution in [1.82, 2.24) is 14.8 Å². The third-order valence-corrected chi connectivity index (χ3v) is 4.99. The van der Waals surface area contributed by atoms with Gasteiger partial charge < -0.3 is 14.8 Å². The highest BCUT2D eigenvalue weighted by molar-refractivity contribution is 7.17. The SMILES string of the molecule is CCn1c(C(=O)NCCCN2CCCC2=O)cc2sccc21. The van der Waals surface area contributed by atoms with Crippen LogP contribution in [0.3, 0.4) is 0 Å². The number of carbonyl (C=O) groups excluding carboxylic acids is 2. The lowest BCUT2D eigenvalue weighted by Crippen LogP contribution is -2.31. The van der Waals surface area contributed by atoms with Gasteiger partial charge in [0.05, 0.1) is 10.2 Å². The van der Waals surface area contributed by atoms with Gasteiger partial charge in [-0.25, -0.2) is 0 Å². The van der Waals surface area contributed by atoms with E-state index in [2.05, 4.69) is 11.4 Å². The van der Waals surface area contributed by atoms with Crippen LogP contribution in [0.25, 0.3) is 10.2 Å². The lowest BCUT2D eigenvalue weighted by Gasteiger charge is -2.15. The summed E-state index contributed by atoms with van der Waals surface area (Å²) in [5, 5.41) is 5.02. The van der Waals surface area contributed by atoms with Gasteiger partial charge in [0, 0.05) is 32.6 Å². The van der Waals surface area contributed by atoms with Crippen molar-refractivity contribution in [2.45, 2.75) is 32.7 Å². The van der Waals surface area contributed by atoms with Gasteiger partial charge >= 0.3 is 0 Å². The number of likely N-dealkylation sites (tertiary alicyclic amines) is 1. The fourth-order valence-corrected chi connectivity index (χ4v) is 3.83. The van der Waals surface area contributed by atoms with Crippen LogP contribution in [0.5, 0.6) is 0 Å². The van der Waals surface area contributed by atoms with E-state index in [1.807, 2.05) is 27.8 Å². The fourth-order valence-electron chi connectivity index (χ4n) is 3.01. The molecule has 0 atom stereocenters. The van der Waals surface area contributed by atoms with Crippen molar-refractivity contribution in [3.63, 3.8) is 0 Å². The zero-order valence-corrected chi connectivity index (χ0v) is 13.6. The predicted molar refractivity (Wildman–Crippen MR) is 88.3 cm³/mol. The summed E-state index contributed by atoms with van der Waals surface area (Å²) in [5.41, 5.74) is 1.85. The molecular formula is C16H21N3O2S. The molecule has 0 aliphatic carbocycles. The maximum atomic E-state index is 12.3. The van der Waals surface area contributed by atoms with E-state index in [0.29, 0.717) is 13.0 Å². The summed E-state index contributed by atoms with van der Waals surface area (Å²) in [6.45, 7) is 5.04. The molecule has 118 valence electrons. The molecule has 2 aromatic rings. The Hall–Kier alpha value is -1.82. The van der Waals surface area contributed by atoms with Crippen LogP contribution < -0.4 is 5.32 Å². The molecule has 0 aromatic carbocycles. The third kappa shape index (κ3) is 2.88. The van der Waals surface area contributed by atoms with Crippen LogP contribution in [0.2, 0.25) is 0 Å². The predicted octanol–water partition coefficient (Wildman–Crippen LogP) is 2.47. The molecule has 1 fully saturated rings. The highest BCUT2D eigenvalue weighted by atomic mass is 32.1. The van der Waals surface area contributed by atoms with Gasteiger partial charge in [-0.1, -0.05) is 0 Å². The van der Waals surface area contributed by atoms with Crippen molar-refractivity contribution >= 4 is 33.4 Å². The van der Waals surface area contributed by atoms with Crippen molar-refractivity contribution < 1.29 is 9.59 Å². The zero-order chi connectivity index (χ0) is 15.5. The second-order valence-electron chi connectivity index (χ2n) is 5.54. The second kappa shape index (κ2) is 6.52. The maximum Gasteiger partial charge on any atom is 0.267 e. The first kappa shape index (κ1) is 15.1. The first-order valence-electron chi connectivity index (χ1n) is 7.83. The third-order valence-electron chi connectivity index (χ3n) is 4.13. The molecule has 5 nitrogen and oxygen atoms in total. The number of aromatic nitrogens is 1. The minimum absolute atomic E-state index is 0.0296. The van der Waals surface area contributed by atoms with Crippen LogP contribution in [0.15, 0.2) is 17.5 Å². The fraction of sp³-hybridized carbons (Fsp3) is 0.500. The molecule has 1 saturated heterocycles. The minimum atomic E-state index is -0.0296. The van der Waals surface area contributed by atoms with Gasteiger partial charge in [-0.15, -0.1) is 11.3 Å². The number of carbonyl (C=O) groups is 2. The molecular weight excluding hydrogens is 298 g/mol. The summed E-state index contributed by atoms with van der Waals surface area (Å²) in [6, 6.07) is 4.02. The molecule has 0 unspecified atom stereocenters. The largest absolute Gasteiger partial charge is 0.351 e. The van der Waals surface area contributed by atoms with Crippen LogP contribution in [0, 0.1) is 0 Å². The molecule has 6 heteroatoms. The monoisotopic (exact) mass is 319 g/mol. The minimum Gasteiger partial charge on any atom is -0.351 e. The van der Waals surface area contributed by atoms with Gasteiger partial charge in [-0.2, -0.15) is 0 Å². The Morgan fingerprint density at radius 1 is 1.45 bits per heavy atom. The number of thiophene rings is 1. The smallest absolute Gasteiger partial charge is 0.267 e. The Balaban J connectivity index is 1.54. The van der Waals surface area contributed by atoms with Gasteiger partial charge in [0.25, 0.3) is 5.91 Å². The van der Waals surface area contributed by atoms with E-state index in [-0.39, 0.29) is 11.8 Å². The molecule has 2 aromatic heterocycles. The number of amides is 2. The first-order valence-corrected chi connectivity index (χ1v) is 8.71. The van der Waals surface area contributed by atoms with Crippen molar-refractivity contribution in [2.75, 3.05) is 19.6 Å². The Kier molecular flexibility index (Phi) is 4.47. The zero-order valence-electron chi connectivity index (χ0n) is 12.8. The summed E-state index contributed by atoms with van der Waals surface area (Å²) in [7, 11) is 0. The molecule has 0 bridgehead atoms. The van der Waals surface area contributed by atoms with E-state index in [1.165, 1.54) is 0 Å². The molecule has 0 radical (unpaired) electrons. The van der Waals surface area contributed by atoms with Crippen LogP contribution in [-0.4, -0.2) is 40.9 Å². The topological polar surface area (TPSA) is 54.3 Å². The van der Waals surface area contributed by atoms with Gasteiger partial charge in [0.2, 0.25) is 5.91 Å². The number of nitrogens with one attached hydrogen (secondary N) is 1. The van der Waals surface area contributed by atoms with Crippen LogP contribution in [0.4, 0.5) is 0 Å². The highest BCUT2D eigenvalue weighted by Gasteiger charge is 2.19. The standard InChI is InChI=1S/C16H21N3O2S/c1-2-19-12-6-10-22-14(12)11-13(19)16(21)17-7-4-9-18-8-3-5-15(18)20/h6,10-11H,2-5,7-9H2,1H3,(H,17,21). The Morgan fingerprint density at radius 2 is 2.32 bits per heavy atom. The highest BCUT2D eigenvalue weighted by Crippen LogP contribution is 2.25. The summed E-state index contributed by atoms with van der Waals surface area (Å²) >= 11 is 1.66.